The Bertz CT molecular complexity index is 1700. The molecular weight excluding hydrogens is 577 g/mol. The number of hydrogen-bond donors (Lipinski definition) is 6. The van der Waals surface area contributed by atoms with Crippen molar-refractivity contribution in [3.63, 3.8) is 0 Å². The molecule has 0 saturated carbocycles. The molecule has 42 heavy (non-hydrogen) atoms. The van der Waals surface area contributed by atoms with Gasteiger partial charge in [-0.05, 0) is 53.9 Å². The number of hydrogen-bond acceptors (Lipinski definition) is 7. The third-order valence-corrected chi connectivity index (χ3v) is 6.49. The molecule has 14 heteroatoms. The second-order valence-corrected chi connectivity index (χ2v) is 10.3. The minimum atomic E-state index is -4.52. The number of halogens is 3. The van der Waals surface area contributed by atoms with Crippen LogP contribution in [0.5, 0.6) is 5.75 Å². The lowest BCUT2D eigenvalue weighted by molar-refractivity contribution is -0.136. The van der Waals surface area contributed by atoms with E-state index in [1.165, 1.54) is 19.1 Å². The van der Waals surface area contributed by atoms with Crippen LogP contribution in [0, 0.1) is 0 Å². The highest BCUT2D eigenvalue weighted by Crippen LogP contribution is 2.35. The van der Waals surface area contributed by atoms with Crippen molar-refractivity contribution in [2.45, 2.75) is 18.0 Å². The second kappa shape index (κ2) is 13.2. The summed E-state index contributed by atoms with van der Waals surface area (Å²) < 4.78 is 68.7. The minimum Gasteiger partial charge on any atom is -0.507 e. The predicted molar refractivity (Wildman–Crippen MR) is 153 cm³/mol. The lowest BCUT2D eigenvalue weighted by Crippen LogP contribution is -2.28. The molecule has 4 aromatic rings. The largest absolute Gasteiger partial charge is 0.507 e. The molecule has 0 atom stereocenters. The van der Waals surface area contributed by atoms with Crippen molar-refractivity contribution in [3.05, 3.63) is 90.0 Å². The maximum absolute atomic E-state index is 12.4. The van der Waals surface area contributed by atoms with Crippen LogP contribution >= 0.6 is 0 Å². The van der Waals surface area contributed by atoms with Gasteiger partial charge < -0.3 is 26.8 Å². The van der Waals surface area contributed by atoms with Gasteiger partial charge in [-0.2, -0.15) is 21.6 Å². The topological polar surface area (TPSA) is 171 Å². The molecule has 0 saturated heterocycles. The summed E-state index contributed by atoms with van der Waals surface area (Å²) in [6.45, 7) is 2.08. The van der Waals surface area contributed by atoms with Gasteiger partial charge in [0.25, 0.3) is 16.0 Å². The highest BCUT2D eigenvalue weighted by atomic mass is 32.2. The molecule has 7 N–H and O–H groups in total. The van der Waals surface area contributed by atoms with Crippen LogP contribution in [0.4, 0.5) is 30.2 Å². The first-order valence-corrected chi connectivity index (χ1v) is 13.6. The Hall–Kier alpha value is -4.82. The van der Waals surface area contributed by atoms with E-state index in [4.69, 9.17) is 10.3 Å². The van der Waals surface area contributed by atoms with Crippen LogP contribution < -0.4 is 21.7 Å². The summed E-state index contributed by atoms with van der Waals surface area (Å²) in [6, 6.07) is 19.4. The summed E-state index contributed by atoms with van der Waals surface area (Å²) in [5.74, 6) is -0.847. The highest BCUT2D eigenvalue weighted by molar-refractivity contribution is 7.85. The average Bonchev–Trinajstić information content (AvgIpc) is 2.91. The van der Waals surface area contributed by atoms with E-state index >= 15 is 0 Å². The van der Waals surface area contributed by atoms with Crippen LogP contribution in [0.15, 0.2) is 83.8 Å². The number of rotatable bonds is 7. The maximum Gasteiger partial charge on any atom is 0.418 e. The molecule has 0 aromatic heterocycles. The fourth-order valence-corrected chi connectivity index (χ4v) is 4.26. The molecule has 0 spiro atoms. The summed E-state index contributed by atoms with van der Waals surface area (Å²) in [4.78, 5) is 22.2. The summed E-state index contributed by atoms with van der Waals surface area (Å²) in [7, 11) is -4.39. The first-order chi connectivity index (χ1) is 19.6. The van der Waals surface area contributed by atoms with E-state index in [0.717, 1.165) is 18.2 Å². The number of benzene rings is 4. The molecule has 222 valence electrons. The van der Waals surface area contributed by atoms with Crippen molar-refractivity contribution in [1.29, 1.82) is 0 Å². The molecule has 0 aliphatic carbocycles. The molecule has 0 heterocycles. The van der Waals surface area contributed by atoms with Crippen LogP contribution in [0.25, 0.3) is 10.8 Å². The van der Waals surface area contributed by atoms with Crippen LogP contribution in [0.2, 0.25) is 0 Å². The van der Waals surface area contributed by atoms with E-state index in [1.807, 2.05) is 6.07 Å². The van der Waals surface area contributed by atoms with Gasteiger partial charge >= 0.3 is 6.18 Å². The van der Waals surface area contributed by atoms with Gasteiger partial charge in [0.05, 0.1) is 10.5 Å². The Morgan fingerprint density at radius 2 is 1.57 bits per heavy atom. The SMILES string of the molecule is CC(=O)Nc1ccc(N)c(C(F)(F)F)c1.O=C(NCCNc1ccc2cc(S(=O)(=O)O)cc(O)c2c1)c1ccccc1. The number of nitrogens with two attached hydrogens (primary N) is 1. The van der Waals surface area contributed by atoms with Gasteiger partial charge in [-0.1, -0.05) is 24.3 Å². The fourth-order valence-electron chi connectivity index (χ4n) is 3.73. The van der Waals surface area contributed by atoms with E-state index < -0.39 is 27.8 Å². The molecule has 0 aliphatic heterocycles. The summed E-state index contributed by atoms with van der Waals surface area (Å²) in [5, 5.41) is 19.1. The average molecular weight is 605 g/mol. The first kappa shape index (κ1) is 31.7. The fraction of sp³-hybridized carbons (Fsp3) is 0.143. The molecular formula is C28H27F3N4O6S. The van der Waals surface area contributed by atoms with E-state index in [9.17, 15) is 36.3 Å². The zero-order chi connectivity index (χ0) is 31.1. The number of phenols is 1. The van der Waals surface area contributed by atoms with Gasteiger partial charge in [-0.3, -0.25) is 14.1 Å². The van der Waals surface area contributed by atoms with Gasteiger partial charge in [0.15, 0.2) is 0 Å². The molecule has 0 aliphatic rings. The number of amides is 2. The van der Waals surface area contributed by atoms with Gasteiger partial charge in [0.1, 0.15) is 5.75 Å². The monoisotopic (exact) mass is 604 g/mol. The number of carbonyl (C=O) groups is 2. The summed E-state index contributed by atoms with van der Waals surface area (Å²) in [5.41, 5.74) is 5.22. The Morgan fingerprint density at radius 1 is 0.905 bits per heavy atom. The van der Waals surface area contributed by atoms with Gasteiger partial charge in [-0.15, -0.1) is 0 Å². The molecule has 2 amide bonds. The third-order valence-electron chi connectivity index (χ3n) is 5.66. The Labute approximate surface area is 239 Å². The van der Waals surface area contributed by atoms with Crippen LogP contribution in [-0.4, -0.2) is 43.0 Å². The van der Waals surface area contributed by atoms with E-state index in [0.29, 0.717) is 35.1 Å². The molecule has 4 aromatic carbocycles. The number of nitrogen functional groups attached to an aromatic ring is 1. The number of fused-ring (bicyclic) bond motifs is 1. The Kier molecular flexibility index (Phi) is 9.99. The number of aromatic hydroxyl groups is 1. The lowest BCUT2D eigenvalue weighted by Gasteiger charge is -2.11. The van der Waals surface area contributed by atoms with Crippen molar-refractivity contribution < 1.29 is 40.8 Å². The highest BCUT2D eigenvalue weighted by Gasteiger charge is 2.33. The van der Waals surface area contributed by atoms with Crippen LogP contribution in [0.3, 0.4) is 0 Å². The van der Waals surface area contributed by atoms with Crippen molar-refractivity contribution in [1.82, 2.24) is 5.32 Å². The molecule has 0 unspecified atom stereocenters. The summed E-state index contributed by atoms with van der Waals surface area (Å²) in [6.07, 6.45) is -4.52. The quantitative estimate of drug-likeness (QED) is 0.0985. The van der Waals surface area contributed by atoms with Crippen LogP contribution in [0.1, 0.15) is 22.8 Å². The van der Waals surface area contributed by atoms with Gasteiger partial charge in [-0.25, -0.2) is 0 Å². The molecule has 0 fully saturated rings. The number of anilines is 3. The Balaban J connectivity index is 0.000000274. The van der Waals surface area contributed by atoms with Gasteiger partial charge in [0, 0.05) is 54.1 Å². The summed E-state index contributed by atoms with van der Waals surface area (Å²) >= 11 is 0. The minimum absolute atomic E-state index is 0.0732. The number of alkyl halides is 3. The van der Waals surface area contributed by atoms with Gasteiger partial charge in [0.2, 0.25) is 5.91 Å². The van der Waals surface area contributed by atoms with Crippen LogP contribution in [-0.2, 0) is 21.1 Å². The maximum atomic E-state index is 12.4. The number of carbonyl (C=O) groups excluding carboxylic acids is 2. The lowest BCUT2D eigenvalue weighted by atomic mass is 10.1. The zero-order valence-electron chi connectivity index (χ0n) is 22.1. The van der Waals surface area contributed by atoms with Crippen molar-refractivity contribution in [3.8, 4) is 5.75 Å². The smallest absolute Gasteiger partial charge is 0.418 e. The Morgan fingerprint density at radius 3 is 2.19 bits per heavy atom. The standard InChI is InChI=1S/C19H18N2O5S.C9H9F3N2O/c22-18-12-16(27(24,25)26)10-14-6-7-15(11-17(14)18)20-8-9-21-19(23)13-4-2-1-3-5-13;1-5(15)14-6-2-3-8(13)7(4-6)9(10,11)12/h1-7,10-12,20,22H,8-9H2,(H,21,23)(H,24,25,26);2-4H,13H2,1H3,(H,14,15). The van der Waals surface area contributed by atoms with Crippen molar-refractivity contribution in [2.24, 2.45) is 0 Å². The van der Waals surface area contributed by atoms with Crippen molar-refractivity contribution in [2.75, 3.05) is 29.5 Å². The van der Waals surface area contributed by atoms with Crippen molar-refractivity contribution >= 4 is 49.8 Å². The third kappa shape index (κ3) is 8.84. The molecule has 0 bridgehead atoms. The second-order valence-electron chi connectivity index (χ2n) is 8.88. The number of nitrogens with one attached hydrogen (secondary N) is 3. The van der Waals surface area contributed by atoms with E-state index in [1.54, 1.807) is 42.5 Å². The molecule has 10 nitrogen and oxygen atoms in total. The van der Waals surface area contributed by atoms with E-state index in [2.05, 4.69) is 16.0 Å². The first-order valence-electron chi connectivity index (χ1n) is 12.2. The normalized spacial score (nSPS) is 11.3. The molecule has 0 radical (unpaired) electrons. The predicted octanol–water partition coefficient (Wildman–Crippen LogP) is 4.88. The molecule has 4 rings (SSSR count). The van der Waals surface area contributed by atoms with E-state index in [-0.39, 0.29) is 27.9 Å². The zero-order valence-corrected chi connectivity index (χ0v) is 22.9. The number of phenolic OH excluding ortho intramolecular Hbond substituents is 1.